The number of nitrogens with zero attached hydrogens (tertiary/aromatic N) is 2. The number of benzene rings is 1. The Bertz CT molecular complexity index is 765. The third-order valence-electron chi connectivity index (χ3n) is 5.33. The van der Waals surface area contributed by atoms with Crippen molar-refractivity contribution in [3.63, 3.8) is 0 Å². The molecule has 1 aromatic carbocycles. The van der Waals surface area contributed by atoms with E-state index in [-0.39, 0.29) is 11.3 Å². The standard InChI is InChI=1S/C20H25N3OS/c1-25-14-20(10-11-20)13-17(24)22-19-18(15-7-3-2-4-8-15)21-16-9-5-6-12-23(16)19/h2-4,7-8H,5-6,9-14H2,1H3,(H,22,24). The van der Waals surface area contributed by atoms with E-state index in [0.717, 1.165) is 48.0 Å². The molecule has 2 heterocycles. The first-order valence-electron chi connectivity index (χ1n) is 9.14. The van der Waals surface area contributed by atoms with Gasteiger partial charge in [-0.3, -0.25) is 4.79 Å². The number of hydrogen-bond donors (Lipinski definition) is 1. The molecular formula is C20H25N3OS. The molecule has 1 aromatic heterocycles. The summed E-state index contributed by atoms with van der Waals surface area (Å²) in [6.45, 7) is 0.945. The molecule has 5 heteroatoms. The van der Waals surface area contributed by atoms with Gasteiger partial charge in [-0.1, -0.05) is 30.3 Å². The van der Waals surface area contributed by atoms with Crippen molar-refractivity contribution >= 4 is 23.5 Å². The third-order valence-corrected chi connectivity index (χ3v) is 6.23. The molecule has 1 aliphatic heterocycles. The van der Waals surface area contributed by atoms with Crippen molar-refractivity contribution in [3.8, 4) is 11.3 Å². The van der Waals surface area contributed by atoms with E-state index in [1.165, 1.54) is 19.3 Å². The van der Waals surface area contributed by atoms with Crippen LogP contribution in [-0.2, 0) is 17.8 Å². The van der Waals surface area contributed by atoms with Crippen molar-refractivity contribution in [2.45, 2.75) is 45.1 Å². The predicted molar refractivity (Wildman–Crippen MR) is 104 cm³/mol. The molecule has 25 heavy (non-hydrogen) atoms. The number of anilines is 1. The summed E-state index contributed by atoms with van der Waals surface area (Å²) < 4.78 is 2.22. The van der Waals surface area contributed by atoms with Gasteiger partial charge in [0.25, 0.3) is 0 Å². The number of nitrogens with one attached hydrogen (secondary N) is 1. The van der Waals surface area contributed by atoms with Gasteiger partial charge < -0.3 is 9.88 Å². The Balaban J connectivity index is 1.61. The lowest BCUT2D eigenvalue weighted by Crippen LogP contribution is -2.22. The molecule has 2 aliphatic rings. The molecule has 0 spiro atoms. The molecule has 0 radical (unpaired) electrons. The van der Waals surface area contributed by atoms with Crippen LogP contribution < -0.4 is 5.32 Å². The molecule has 1 aliphatic carbocycles. The topological polar surface area (TPSA) is 46.9 Å². The van der Waals surface area contributed by atoms with Gasteiger partial charge in [0.15, 0.2) is 0 Å². The Morgan fingerprint density at radius 3 is 2.80 bits per heavy atom. The maximum atomic E-state index is 12.7. The molecule has 4 nitrogen and oxygen atoms in total. The molecule has 0 unspecified atom stereocenters. The van der Waals surface area contributed by atoms with Crippen LogP contribution in [0.15, 0.2) is 30.3 Å². The first-order valence-corrected chi connectivity index (χ1v) is 10.5. The lowest BCUT2D eigenvalue weighted by atomic mass is 10.1. The number of amides is 1. The molecule has 4 rings (SSSR count). The lowest BCUT2D eigenvalue weighted by molar-refractivity contribution is -0.117. The molecule has 2 aromatic rings. The van der Waals surface area contributed by atoms with Crippen LogP contribution in [-0.4, -0.2) is 27.5 Å². The Labute approximate surface area is 153 Å². The summed E-state index contributed by atoms with van der Waals surface area (Å²) in [5, 5.41) is 3.22. The van der Waals surface area contributed by atoms with E-state index in [4.69, 9.17) is 4.98 Å². The van der Waals surface area contributed by atoms with Crippen LogP contribution in [0.1, 0.15) is 37.9 Å². The van der Waals surface area contributed by atoms with Crippen LogP contribution in [0.4, 0.5) is 5.82 Å². The van der Waals surface area contributed by atoms with Gasteiger partial charge in [0, 0.05) is 24.9 Å². The maximum absolute atomic E-state index is 12.7. The van der Waals surface area contributed by atoms with Gasteiger partial charge in [-0.2, -0.15) is 11.8 Å². The molecule has 0 bridgehead atoms. The van der Waals surface area contributed by atoms with E-state index >= 15 is 0 Å². The average molecular weight is 356 g/mol. The normalized spacial score (nSPS) is 17.8. The Kier molecular flexibility index (Phi) is 4.59. The van der Waals surface area contributed by atoms with Gasteiger partial charge >= 0.3 is 0 Å². The fourth-order valence-corrected chi connectivity index (χ4v) is 4.78. The molecule has 1 fully saturated rings. The average Bonchev–Trinajstić information content (AvgIpc) is 3.28. The van der Waals surface area contributed by atoms with Crippen molar-refractivity contribution < 1.29 is 4.79 Å². The minimum absolute atomic E-state index is 0.136. The van der Waals surface area contributed by atoms with Crippen LogP contribution in [0.2, 0.25) is 0 Å². The number of carbonyl (C=O) groups is 1. The molecule has 0 saturated heterocycles. The number of fused-ring (bicyclic) bond motifs is 1. The third kappa shape index (κ3) is 3.47. The quantitative estimate of drug-likeness (QED) is 0.837. The first-order chi connectivity index (χ1) is 12.2. The van der Waals surface area contributed by atoms with Gasteiger partial charge in [-0.25, -0.2) is 4.98 Å². The van der Waals surface area contributed by atoms with Crippen LogP contribution in [0, 0.1) is 5.41 Å². The van der Waals surface area contributed by atoms with Crippen molar-refractivity contribution in [2.75, 3.05) is 17.3 Å². The molecular weight excluding hydrogens is 330 g/mol. The van der Waals surface area contributed by atoms with E-state index in [9.17, 15) is 4.79 Å². The number of aromatic nitrogens is 2. The number of imidazole rings is 1. The number of thioether (sulfide) groups is 1. The van der Waals surface area contributed by atoms with Gasteiger partial charge in [0.1, 0.15) is 17.3 Å². The largest absolute Gasteiger partial charge is 0.314 e. The number of rotatable bonds is 6. The second-order valence-corrected chi connectivity index (χ2v) is 8.22. The fourth-order valence-electron chi connectivity index (χ4n) is 3.78. The van der Waals surface area contributed by atoms with Crippen molar-refractivity contribution in [2.24, 2.45) is 5.41 Å². The van der Waals surface area contributed by atoms with Gasteiger partial charge in [-0.05, 0) is 43.1 Å². The molecule has 1 amide bonds. The summed E-state index contributed by atoms with van der Waals surface area (Å²) in [6.07, 6.45) is 8.43. The Morgan fingerprint density at radius 1 is 1.28 bits per heavy atom. The maximum Gasteiger partial charge on any atom is 0.226 e. The second kappa shape index (κ2) is 6.87. The summed E-state index contributed by atoms with van der Waals surface area (Å²) in [7, 11) is 0. The Morgan fingerprint density at radius 2 is 2.08 bits per heavy atom. The molecule has 0 atom stereocenters. The number of aryl methyl sites for hydroxylation is 1. The highest BCUT2D eigenvalue weighted by Gasteiger charge is 2.43. The molecule has 132 valence electrons. The van der Waals surface area contributed by atoms with E-state index in [2.05, 4.69) is 28.3 Å². The minimum atomic E-state index is 0.136. The summed E-state index contributed by atoms with van der Waals surface area (Å²) in [6, 6.07) is 10.2. The van der Waals surface area contributed by atoms with Crippen molar-refractivity contribution in [3.05, 3.63) is 36.2 Å². The molecule has 1 saturated carbocycles. The van der Waals surface area contributed by atoms with Gasteiger partial charge in [-0.15, -0.1) is 0 Å². The summed E-state index contributed by atoms with van der Waals surface area (Å²) >= 11 is 1.85. The Hall–Kier alpha value is -1.75. The summed E-state index contributed by atoms with van der Waals surface area (Å²) in [5.41, 5.74) is 2.23. The van der Waals surface area contributed by atoms with E-state index in [0.29, 0.717) is 6.42 Å². The first kappa shape index (κ1) is 16.7. The second-order valence-electron chi connectivity index (χ2n) is 7.36. The summed E-state index contributed by atoms with van der Waals surface area (Å²) in [5.74, 6) is 3.21. The van der Waals surface area contributed by atoms with Gasteiger partial charge in [0.2, 0.25) is 5.91 Å². The minimum Gasteiger partial charge on any atom is -0.314 e. The van der Waals surface area contributed by atoms with Crippen LogP contribution in [0.25, 0.3) is 11.3 Å². The predicted octanol–water partition coefficient (Wildman–Crippen LogP) is 4.36. The van der Waals surface area contributed by atoms with E-state index in [1.54, 1.807) is 0 Å². The number of carbonyl (C=O) groups excluding carboxylic acids is 1. The molecule has 1 N–H and O–H groups in total. The zero-order chi connectivity index (χ0) is 17.3. The monoisotopic (exact) mass is 355 g/mol. The SMILES string of the molecule is CSCC1(CC(=O)Nc2c(-c3ccccc3)nc3n2CCCC3)CC1. The van der Waals surface area contributed by atoms with Crippen molar-refractivity contribution in [1.29, 1.82) is 0 Å². The zero-order valence-electron chi connectivity index (χ0n) is 14.8. The number of hydrogen-bond acceptors (Lipinski definition) is 3. The smallest absolute Gasteiger partial charge is 0.226 e. The highest BCUT2D eigenvalue weighted by atomic mass is 32.2. The van der Waals surface area contributed by atoms with Crippen LogP contribution >= 0.6 is 11.8 Å². The lowest BCUT2D eigenvalue weighted by Gasteiger charge is -2.18. The zero-order valence-corrected chi connectivity index (χ0v) is 15.6. The van der Waals surface area contributed by atoms with E-state index in [1.807, 2.05) is 30.0 Å². The highest BCUT2D eigenvalue weighted by Crippen LogP contribution is 2.51. The van der Waals surface area contributed by atoms with Gasteiger partial charge in [0.05, 0.1) is 0 Å². The summed E-state index contributed by atoms with van der Waals surface area (Å²) in [4.78, 5) is 17.6. The van der Waals surface area contributed by atoms with E-state index < -0.39 is 0 Å². The van der Waals surface area contributed by atoms with Crippen LogP contribution in [0.3, 0.4) is 0 Å². The van der Waals surface area contributed by atoms with Crippen LogP contribution in [0.5, 0.6) is 0 Å². The highest BCUT2D eigenvalue weighted by molar-refractivity contribution is 7.98. The fraction of sp³-hybridized carbons (Fsp3) is 0.500. The van der Waals surface area contributed by atoms with Crippen molar-refractivity contribution in [1.82, 2.24) is 9.55 Å².